The first kappa shape index (κ1) is 16.7. The third-order valence-corrected chi connectivity index (χ3v) is 3.97. The Morgan fingerprint density at radius 2 is 2.14 bits per heavy atom. The first-order valence-corrected chi connectivity index (χ1v) is 7.73. The molecule has 0 spiro atoms. The van der Waals surface area contributed by atoms with Crippen LogP contribution in [0.3, 0.4) is 0 Å². The van der Waals surface area contributed by atoms with E-state index in [0.717, 1.165) is 23.5 Å². The van der Waals surface area contributed by atoms with Gasteiger partial charge in [-0.15, -0.1) is 0 Å². The van der Waals surface area contributed by atoms with E-state index in [4.69, 9.17) is 23.8 Å². The second-order valence-electron chi connectivity index (χ2n) is 4.90. The second kappa shape index (κ2) is 7.07. The maximum atomic E-state index is 13.1. The lowest BCUT2D eigenvalue weighted by Crippen LogP contribution is -2.28. The van der Waals surface area contributed by atoms with Crippen LogP contribution in [0.15, 0.2) is 18.2 Å². The number of nitrogens with one attached hydrogen (secondary N) is 2. The van der Waals surface area contributed by atoms with E-state index in [2.05, 4.69) is 22.7 Å². The van der Waals surface area contributed by atoms with Crippen molar-refractivity contribution in [2.75, 3.05) is 5.32 Å². The predicted octanol–water partition coefficient (Wildman–Crippen LogP) is 3.80. The molecule has 2 aromatic rings. The van der Waals surface area contributed by atoms with E-state index >= 15 is 0 Å². The molecule has 2 rings (SSSR count). The lowest BCUT2D eigenvalue weighted by atomic mass is 10.2. The average Bonchev–Trinajstić information content (AvgIpc) is 2.75. The maximum Gasteiger partial charge on any atom is 0.171 e. The van der Waals surface area contributed by atoms with Crippen LogP contribution in [0, 0.1) is 19.7 Å². The minimum atomic E-state index is -0.454. The molecule has 7 heteroatoms. The van der Waals surface area contributed by atoms with Gasteiger partial charge in [-0.2, -0.15) is 5.10 Å². The zero-order valence-corrected chi connectivity index (χ0v) is 14.3. The number of halogens is 2. The van der Waals surface area contributed by atoms with Crippen molar-refractivity contribution in [1.29, 1.82) is 0 Å². The van der Waals surface area contributed by atoms with Crippen LogP contribution in [-0.4, -0.2) is 14.9 Å². The van der Waals surface area contributed by atoms with E-state index in [1.54, 1.807) is 6.07 Å². The summed E-state index contributed by atoms with van der Waals surface area (Å²) < 4.78 is 15.1. The molecular formula is C15H18ClFN4S. The van der Waals surface area contributed by atoms with E-state index < -0.39 is 5.82 Å². The molecule has 0 aliphatic rings. The van der Waals surface area contributed by atoms with Gasteiger partial charge < -0.3 is 10.6 Å². The lowest BCUT2D eigenvalue weighted by molar-refractivity contribution is 0.628. The first-order valence-electron chi connectivity index (χ1n) is 6.95. The van der Waals surface area contributed by atoms with Gasteiger partial charge in [0.1, 0.15) is 5.82 Å². The number of hydrogen-bond donors (Lipinski definition) is 2. The molecule has 0 saturated carbocycles. The second-order valence-corrected chi connectivity index (χ2v) is 5.72. The maximum absolute atomic E-state index is 13.1. The Bertz CT molecular complexity index is 699. The fourth-order valence-corrected chi connectivity index (χ4v) is 2.59. The predicted molar refractivity (Wildman–Crippen MR) is 91.8 cm³/mol. The van der Waals surface area contributed by atoms with Gasteiger partial charge >= 0.3 is 0 Å². The summed E-state index contributed by atoms with van der Waals surface area (Å²) in [5, 5.41) is 11.1. The van der Waals surface area contributed by atoms with Crippen LogP contribution in [0.4, 0.5) is 10.1 Å². The number of aryl methyl sites for hydroxylation is 2. The number of hydrogen-bond acceptors (Lipinski definition) is 2. The molecule has 2 N–H and O–H groups in total. The fraction of sp³-hybridized carbons (Fsp3) is 0.333. The minimum Gasteiger partial charge on any atom is -0.358 e. The molecular weight excluding hydrogens is 323 g/mol. The summed E-state index contributed by atoms with van der Waals surface area (Å²) in [6.45, 7) is 7.49. The van der Waals surface area contributed by atoms with Crippen molar-refractivity contribution < 1.29 is 4.39 Å². The third kappa shape index (κ3) is 3.75. The fourth-order valence-electron chi connectivity index (χ4n) is 2.22. The van der Waals surface area contributed by atoms with Crippen LogP contribution < -0.4 is 10.6 Å². The Hall–Kier alpha value is -1.66. The topological polar surface area (TPSA) is 41.9 Å². The van der Waals surface area contributed by atoms with E-state index in [1.807, 2.05) is 18.5 Å². The molecule has 0 atom stereocenters. The summed E-state index contributed by atoms with van der Waals surface area (Å²) in [4.78, 5) is 0. The van der Waals surface area contributed by atoms with Gasteiger partial charge in [0.15, 0.2) is 5.11 Å². The molecule has 1 aromatic heterocycles. The molecule has 0 amide bonds. The van der Waals surface area contributed by atoms with Crippen LogP contribution >= 0.6 is 23.8 Å². The van der Waals surface area contributed by atoms with E-state index in [0.29, 0.717) is 17.3 Å². The van der Waals surface area contributed by atoms with Crippen LogP contribution in [0.5, 0.6) is 0 Å². The monoisotopic (exact) mass is 340 g/mol. The smallest absolute Gasteiger partial charge is 0.171 e. The molecule has 0 radical (unpaired) electrons. The van der Waals surface area contributed by atoms with Crippen LogP contribution in [0.2, 0.25) is 5.02 Å². The lowest BCUT2D eigenvalue weighted by Gasteiger charge is -2.11. The number of aromatic nitrogens is 2. The summed E-state index contributed by atoms with van der Waals surface area (Å²) in [5.41, 5.74) is 3.88. The molecule has 4 nitrogen and oxygen atoms in total. The summed E-state index contributed by atoms with van der Waals surface area (Å²) >= 11 is 11.0. The van der Waals surface area contributed by atoms with Gasteiger partial charge in [0.25, 0.3) is 0 Å². The summed E-state index contributed by atoms with van der Waals surface area (Å²) in [6, 6.07) is 4.38. The van der Waals surface area contributed by atoms with Crippen LogP contribution in [0.25, 0.3) is 0 Å². The van der Waals surface area contributed by atoms with Crippen molar-refractivity contribution in [3.63, 3.8) is 0 Å². The Morgan fingerprint density at radius 1 is 1.41 bits per heavy atom. The highest BCUT2D eigenvalue weighted by Crippen LogP contribution is 2.19. The van der Waals surface area contributed by atoms with Crippen molar-refractivity contribution >= 4 is 34.6 Å². The third-order valence-electron chi connectivity index (χ3n) is 3.43. The van der Waals surface area contributed by atoms with Crippen molar-refractivity contribution in [2.45, 2.75) is 33.9 Å². The van der Waals surface area contributed by atoms with Gasteiger partial charge in [-0.25, -0.2) is 4.39 Å². The molecule has 1 heterocycles. The van der Waals surface area contributed by atoms with Crippen molar-refractivity contribution in [3.8, 4) is 0 Å². The van der Waals surface area contributed by atoms with Gasteiger partial charge in [0.2, 0.25) is 0 Å². The highest BCUT2D eigenvalue weighted by molar-refractivity contribution is 7.80. The zero-order chi connectivity index (χ0) is 16.3. The van der Waals surface area contributed by atoms with E-state index in [1.165, 1.54) is 12.1 Å². The first-order chi connectivity index (χ1) is 10.4. The minimum absolute atomic E-state index is 0.0590. The van der Waals surface area contributed by atoms with Gasteiger partial charge in [-0.3, -0.25) is 4.68 Å². The summed E-state index contributed by atoms with van der Waals surface area (Å²) in [6.07, 6.45) is 0. The zero-order valence-electron chi connectivity index (χ0n) is 12.7. The molecule has 0 fully saturated rings. The van der Waals surface area contributed by atoms with Crippen molar-refractivity contribution in [1.82, 2.24) is 15.1 Å². The Kier molecular flexibility index (Phi) is 5.37. The molecule has 0 saturated heterocycles. The highest BCUT2D eigenvalue weighted by atomic mass is 35.5. The van der Waals surface area contributed by atoms with Gasteiger partial charge in [0.05, 0.1) is 10.7 Å². The molecule has 118 valence electrons. The Balaban J connectivity index is 1.98. The number of anilines is 1. The van der Waals surface area contributed by atoms with Crippen LogP contribution in [0.1, 0.15) is 23.9 Å². The number of rotatable bonds is 4. The average molecular weight is 341 g/mol. The molecule has 0 bridgehead atoms. The van der Waals surface area contributed by atoms with Crippen LogP contribution in [-0.2, 0) is 13.1 Å². The van der Waals surface area contributed by atoms with Crippen molar-refractivity contribution in [3.05, 3.63) is 46.0 Å². The SMILES string of the molecule is CCn1nc(C)c(CNC(=S)Nc2ccc(F)c(Cl)c2)c1C. The number of benzene rings is 1. The summed E-state index contributed by atoms with van der Waals surface area (Å²) in [5.74, 6) is -0.454. The molecule has 0 unspecified atom stereocenters. The van der Waals surface area contributed by atoms with Gasteiger partial charge in [-0.05, 0) is 51.2 Å². The molecule has 1 aromatic carbocycles. The summed E-state index contributed by atoms with van der Waals surface area (Å²) in [7, 11) is 0. The van der Waals surface area contributed by atoms with Crippen molar-refractivity contribution in [2.24, 2.45) is 0 Å². The highest BCUT2D eigenvalue weighted by Gasteiger charge is 2.11. The Morgan fingerprint density at radius 3 is 2.73 bits per heavy atom. The molecule has 22 heavy (non-hydrogen) atoms. The standard InChI is InChI=1S/C15H18ClFN4S/c1-4-21-10(3)12(9(2)20-21)8-18-15(22)19-11-5-6-14(17)13(16)7-11/h5-7H,4,8H2,1-3H3,(H2,18,19,22). The van der Waals surface area contributed by atoms with E-state index in [-0.39, 0.29) is 5.02 Å². The van der Waals surface area contributed by atoms with Gasteiger partial charge in [-0.1, -0.05) is 11.6 Å². The largest absolute Gasteiger partial charge is 0.358 e. The van der Waals surface area contributed by atoms with E-state index in [9.17, 15) is 4.39 Å². The number of thiocarbonyl (C=S) groups is 1. The molecule has 0 aliphatic carbocycles. The quantitative estimate of drug-likeness (QED) is 0.831. The van der Waals surface area contributed by atoms with Gasteiger partial charge in [0, 0.05) is 30.0 Å². The normalized spacial score (nSPS) is 10.6. The Labute approximate surface area is 139 Å². The molecule has 0 aliphatic heterocycles. The number of nitrogens with zero attached hydrogens (tertiary/aromatic N) is 2.